The molecular formula is C29H34N6O. The molecule has 2 atom stereocenters. The van der Waals surface area contributed by atoms with Crippen LogP contribution in [0.2, 0.25) is 0 Å². The molecule has 2 aromatic heterocycles. The van der Waals surface area contributed by atoms with E-state index in [4.69, 9.17) is 4.74 Å². The zero-order chi connectivity index (χ0) is 25.0. The fourth-order valence-corrected chi connectivity index (χ4v) is 4.96. The standard InChI is InChI=1S/C29H34N6O/c1-29(2,3)27(22-13-15-26(16-14-22)36-20-25-7-4-5-17-31-25)21-9-11-23(12-10-21)28-32-34-35(33-28)19-24-8-6-18-30-24/h4-5,7,9-17,24,27,30H,6,8,18-20H2,1-3H3/t24-,27?/m0/s1. The van der Waals surface area contributed by atoms with Gasteiger partial charge in [0.1, 0.15) is 12.4 Å². The van der Waals surface area contributed by atoms with Gasteiger partial charge in [-0.1, -0.05) is 63.2 Å². The lowest BCUT2D eigenvalue weighted by Gasteiger charge is -2.32. The molecule has 7 heteroatoms. The topological polar surface area (TPSA) is 77.8 Å². The van der Waals surface area contributed by atoms with Crippen molar-refractivity contribution in [3.63, 3.8) is 0 Å². The molecule has 186 valence electrons. The van der Waals surface area contributed by atoms with Crippen LogP contribution in [0.3, 0.4) is 0 Å². The van der Waals surface area contributed by atoms with Crippen LogP contribution in [0.1, 0.15) is 56.4 Å². The molecule has 0 saturated carbocycles. The molecule has 0 spiro atoms. The lowest BCUT2D eigenvalue weighted by atomic mass is 9.72. The molecule has 1 saturated heterocycles. The third-order valence-electron chi connectivity index (χ3n) is 6.69. The average Bonchev–Trinajstić information content (AvgIpc) is 3.57. The van der Waals surface area contributed by atoms with E-state index in [1.807, 2.05) is 30.3 Å². The first-order valence-electron chi connectivity index (χ1n) is 12.7. The Balaban J connectivity index is 1.29. The molecule has 1 fully saturated rings. The molecular weight excluding hydrogens is 448 g/mol. The second kappa shape index (κ2) is 10.6. The van der Waals surface area contributed by atoms with Gasteiger partial charge < -0.3 is 10.1 Å². The van der Waals surface area contributed by atoms with Crippen LogP contribution in [0.5, 0.6) is 5.75 Å². The number of ether oxygens (including phenoxy) is 1. The highest BCUT2D eigenvalue weighted by Gasteiger charge is 2.28. The van der Waals surface area contributed by atoms with E-state index in [0.717, 1.165) is 36.5 Å². The monoisotopic (exact) mass is 482 g/mol. The van der Waals surface area contributed by atoms with Crippen LogP contribution in [0.25, 0.3) is 11.4 Å². The zero-order valence-corrected chi connectivity index (χ0v) is 21.3. The van der Waals surface area contributed by atoms with E-state index in [1.165, 1.54) is 17.5 Å². The number of aromatic nitrogens is 5. The number of tetrazole rings is 1. The van der Waals surface area contributed by atoms with Crippen LogP contribution >= 0.6 is 0 Å². The van der Waals surface area contributed by atoms with Gasteiger partial charge >= 0.3 is 0 Å². The van der Waals surface area contributed by atoms with Crippen molar-refractivity contribution in [3.05, 3.63) is 89.7 Å². The maximum absolute atomic E-state index is 5.94. The normalized spacial score (nSPS) is 16.7. The van der Waals surface area contributed by atoms with E-state index < -0.39 is 0 Å². The summed E-state index contributed by atoms with van der Waals surface area (Å²) in [5.74, 6) is 1.74. The summed E-state index contributed by atoms with van der Waals surface area (Å²) < 4.78 is 5.94. The van der Waals surface area contributed by atoms with Crippen LogP contribution in [-0.2, 0) is 13.2 Å². The Bertz CT molecular complexity index is 1240. The molecule has 1 unspecified atom stereocenters. The lowest BCUT2D eigenvalue weighted by Crippen LogP contribution is -2.27. The van der Waals surface area contributed by atoms with Crippen LogP contribution in [0.4, 0.5) is 0 Å². The van der Waals surface area contributed by atoms with E-state index in [0.29, 0.717) is 18.5 Å². The van der Waals surface area contributed by atoms with Gasteiger partial charge in [0.2, 0.25) is 5.82 Å². The van der Waals surface area contributed by atoms with Crippen LogP contribution in [0, 0.1) is 5.41 Å². The van der Waals surface area contributed by atoms with Crippen molar-refractivity contribution in [3.8, 4) is 17.1 Å². The van der Waals surface area contributed by atoms with Crippen molar-refractivity contribution >= 4 is 0 Å². The van der Waals surface area contributed by atoms with Crippen molar-refractivity contribution in [1.29, 1.82) is 0 Å². The minimum Gasteiger partial charge on any atom is -0.487 e. The van der Waals surface area contributed by atoms with Crippen molar-refractivity contribution < 1.29 is 4.74 Å². The van der Waals surface area contributed by atoms with Gasteiger partial charge in [0.05, 0.1) is 12.2 Å². The molecule has 3 heterocycles. The van der Waals surface area contributed by atoms with Gasteiger partial charge in [0.25, 0.3) is 0 Å². The number of nitrogens with one attached hydrogen (secondary N) is 1. The van der Waals surface area contributed by atoms with Gasteiger partial charge in [-0.05, 0) is 65.4 Å². The first kappa shape index (κ1) is 24.1. The Morgan fingerprint density at radius 1 is 1.00 bits per heavy atom. The van der Waals surface area contributed by atoms with Crippen molar-refractivity contribution in [2.24, 2.45) is 5.41 Å². The average molecular weight is 483 g/mol. The van der Waals surface area contributed by atoms with Gasteiger partial charge in [-0.2, -0.15) is 4.80 Å². The van der Waals surface area contributed by atoms with Crippen molar-refractivity contribution in [2.75, 3.05) is 6.54 Å². The number of rotatable bonds is 8. The summed E-state index contributed by atoms with van der Waals surface area (Å²) in [6.07, 6.45) is 4.16. The molecule has 1 N–H and O–H groups in total. The lowest BCUT2D eigenvalue weighted by molar-refractivity contribution is 0.301. The van der Waals surface area contributed by atoms with E-state index in [9.17, 15) is 0 Å². The maximum atomic E-state index is 5.94. The first-order chi connectivity index (χ1) is 17.5. The molecule has 0 radical (unpaired) electrons. The van der Waals surface area contributed by atoms with Crippen LogP contribution in [0.15, 0.2) is 72.9 Å². The Morgan fingerprint density at radius 2 is 1.75 bits per heavy atom. The Labute approximate surface area is 212 Å². The third-order valence-corrected chi connectivity index (χ3v) is 6.69. The summed E-state index contributed by atoms with van der Waals surface area (Å²) in [5.41, 5.74) is 4.45. The quantitative estimate of drug-likeness (QED) is 0.370. The Kier molecular flexibility index (Phi) is 7.09. The second-order valence-electron chi connectivity index (χ2n) is 10.6. The SMILES string of the molecule is CC(C)(C)C(c1ccc(OCc2ccccn2)cc1)c1ccc(-c2nnn(C[C@@H]3CCCN3)n2)cc1. The zero-order valence-electron chi connectivity index (χ0n) is 21.3. The summed E-state index contributed by atoms with van der Waals surface area (Å²) in [6, 6.07) is 23.3. The summed E-state index contributed by atoms with van der Waals surface area (Å²) in [6.45, 7) is 9.13. The predicted molar refractivity (Wildman–Crippen MR) is 141 cm³/mol. The molecule has 36 heavy (non-hydrogen) atoms. The summed E-state index contributed by atoms with van der Waals surface area (Å²) >= 11 is 0. The molecule has 0 bridgehead atoms. The van der Waals surface area contributed by atoms with Gasteiger partial charge in [-0.15, -0.1) is 10.2 Å². The number of hydrogen-bond donors (Lipinski definition) is 1. The number of nitrogens with zero attached hydrogens (tertiary/aromatic N) is 5. The van der Waals surface area contributed by atoms with E-state index in [2.05, 4.69) is 82.9 Å². The van der Waals surface area contributed by atoms with Gasteiger partial charge in [-0.3, -0.25) is 4.98 Å². The van der Waals surface area contributed by atoms with Crippen molar-refractivity contribution in [1.82, 2.24) is 30.5 Å². The number of benzene rings is 2. The Morgan fingerprint density at radius 3 is 2.39 bits per heavy atom. The minimum absolute atomic E-state index is 0.0352. The van der Waals surface area contributed by atoms with E-state index >= 15 is 0 Å². The molecule has 4 aromatic rings. The molecule has 0 aliphatic carbocycles. The fourth-order valence-electron chi connectivity index (χ4n) is 4.96. The molecule has 1 aliphatic heterocycles. The first-order valence-corrected chi connectivity index (χ1v) is 12.7. The molecule has 1 aliphatic rings. The number of pyridine rings is 1. The van der Waals surface area contributed by atoms with Gasteiger partial charge in [0, 0.05) is 23.7 Å². The largest absolute Gasteiger partial charge is 0.487 e. The molecule has 2 aromatic carbocycles. The van der Waals surface area contributed by atoms with Gasteiger partial charge in [0.15, 0.2) is 0 Å². The summed E-state index contributed by atoms with van der Waals surface area (Å²) in [7, 11) is 0. The summed E-state index contributed by atoms with van der Waals surface area (Å²) in [5, 5.41) is 16.7. The van der Waals surface area contributed by atoms with Gasteiger partial charge in [-0.25, -0.2) is 0 Å². The molecule has 5 rings (SSSR count). The number of hydrogen-bond acceptors (Lipinski definition) is 6. The highest BCUT2D eigenvalue weighted by Crippen LogP contribution is 2.41. The molecule has 7 nitrogen and oxygen atoms in total. The highest BCUT2D eigenvalue weighted by molar-refractivity contribution is 5.55. The van der Waals surface area contributed by atoms with Crippen molar-refractivity contribution in [2.45, 2.75) is 58.7 Å². The predicted octanol–water partition coefficient (Wildman–Crippen LogP) is 5.24. The van der Waals surface area contributed by atoms with Crippen LogP contribution < -0.4 is 10.1 Å². The Hall–Kier alpha value is -3.58. The smallest absolute Gasteiger partial charge is 0.204 e. The second-order valence-corrected chi connectivity index (χ2v) is 10.6. The molecule has 0 amide bonds. The third kappa shape index (κ3) is 5.79. The maximum Gasteiger partial charge on any atom is 0.204 e. The highest BCUT2D eigenvalue weighted by atomic mass is 16.5. The van der Waals surface area contributed by atoms with E-state index in [1.54, 1.807) is 11.0 Å². The van der Waals surface area contributed by atoms with E-state index in [-0.39, 0.29) is 11.3 Å². The summed E-state index contributed by atoms with van der Waals surface area (Å²) in [4.78, 5) is 6.03. The fraction of sp³-hybridized carbons (Fsp3) is 0.379. The van der Waals surface area contributed by atoms with Crippen LogP contribution in [-0.4, -0.2) is 37.8 Å². The minimum atomic E-state index is 0.0352.